The van der Waals surface area contributed by atoms with Crippen molar-refractivity contribution in [1.29, 1.82) is 0 Å². The summed E-state index contributed by atoms with van der Waals surface area (Å²) in [5.41, 5.74) is 10.7. The van der Waals surface area contributed by atoms with E-state index in [-0.39, 0.29) is 0 Å². The standard InChI is InChI=1S/C48H29N3/c1-2-14-30(15-3-1)49-41-25-9-8-20-35(41)40-28-45-46(29-44(40)49)51-43-27-11-7-19-34(43)39-24-13-22-37(48(39)51)32-17-5-4-16-31(32)36-21-12-23-38-33-18-6-10-26-42(33)50(45)47(36)38/h1-29H. The number of para-hydroxylation sites is 6. The molecule has 0 bridgehead atoms. The van der Waals surface area contributed by atoms with Crippen molar-refractivity contribution in [2.24, 2.45) is 0 Å². The average Bonchev–Trinajstić information content (AvgIpc) is 3.83. The zero-order chi connectivity index (χ0) is 33.2. The first-order valence-corrected chi connectivity index (χ1v) is 17.6. The first-order valence-electron chi connectivity index (χ1n) is 17.6. The highest BCUT2D eigenvalue weighted by molar-refractivity contribution is 6.26. The average molecular weight is 648 g/mol. The minimum atomic E-state index is 1.15. The Kier molecular flexibility index (Phi) is 5.23. The molecule has 0 N–H and O–H groups in total. The molecule has 12 aromatic rings. The third-order valence-electron chi connectivity index (χ3n) is 11.2. The molecule has 0 radical (unpaired) electrons. The van der Waals surface area contributed by atoms with Crippen LogP contribution in [0.4, 0.5) is 0 Å². The molecule has 0 atom stereocenters. The molecule has 12 rings (SSSR count). The fraction of sp³-hybridized carbons (Fsp3) is 0. The van der Waals surface area contributed by atoms with Crippen molar-refractivity contribution < 1.29 is 0 Å². The third-order valence-corrected chi connectivity index (χ3v) is 11.2. The lowest BCUT2D eigenvalue weighted by Crippen LogP contribution is -1.96. The lowest BCUT2D eigenvalue weighted by Gasteiger charge is -2.12. The molecule has 0 saturated heterocycles. The van der Waals surface area contributed by atoms with Gasteiger partial charge >= 0.3 is 0 Å². The maximum Gasteiger partial charge on any atom is 0.0724 e. The maximum atomic E-state index is 2.55. The van der Waals surface area contributed by atoms with Gasteiger partial charge in [0.05, 0.1) is 44.1 Å². The highest BCUT2D eigenvalue weighted by Gasteiger charge is 2.20. The van der Waals surface area contributed by atoms with E-state index in [1.165, 1.54) is 87.0 Å². The Morgan fingerprint density at radius 3 is 1.18 bits per heavy atom. The smallest absolute Gasteiger partial charge is 0.0724 e. The first-order chi connectivity index (χ1) is 25.3. The second-order valence-electron chi connectivity index (χ2n) is 13.7. The van der Waals surface area contributed by atoms with Crippen molar-refractivity contribution in [3.05, 3.63) is 176 Å². The highest BCUT2D eigenvalue weighted by Crippen LogP contribution is 2.42. The number of hydrogen-bond acceptors (Lipinski definition) is 0. The number of nitrogens with zero attached hydrogens (tertiary/aromatic N) is 3. The van der Waals surface area contributed by atoms with E-state index < -0.39 is 0 Å². The molecule has 0 aliphatic rings. The molecule has 4 heterocycles. The van der Waals surface area contributed by atoms with Gasteiger partial charge < -0.3 is 13.4 Å². The highest BCUT2D eigenvalue weighted by atomic mass is 15.0. The van der Waals surface area contributed by atoms with E-state index in [0.29, 0.717) is 0 Å². The molecule has 0 unspecified atom stereocenters. The molecule has 0 amide bonds. The van der Waals surface area contributed by atoms with Gasteiger partial charge in [0.1, 0.15) is 0 Å². The zero-order valence-electron chi connectivity index (χ0n) is 27.6. The normalized spacial score (nSPS) is 12.3. The van der Waals surface area contributed by atoms with Gasteiger partial charge in [-0.15, -0.1) is 0 Å². The minimum absolute atomic E-state index is 1.15. The fourth-order valence-electron chi connectivity index (χ4n) is 9.13. The van der Waals surface area contributed by atoms with E-state index in [0.717, 1.165) is 16.7 Å². The van der Waals surface area contributed by atoms with Crippen LogP contribution in [-0.2, 0) is 0 Å². The van der Waals surface area contributed by atoms with Gasteiger partial charge in [0, 0.05) is 48.8 Å². The second kappa shape index (κ2) is 9.87. The summed E-state index contributed by atoms with van der Waals surface area (Å²) >= 11 is 0. The molecule has 51 heavy (non-hydrogen) atoms. The number of benzene rings is 8. The van der Waals surface area contributed by atoms with Crippen LogP contribution in [0.3, 0.4) is 0 Å². The topological polar surface area (TPSA) is 13.8 Å². The van der Waals surface area contributed by atoms with Crippen molar-refractivity contribution >= 4 is 98.0 Å². The number of rotatable bonds is 1. The first kappa shape index (κ1) is 27.0. The van der Waals surface area contributed by atoms with Crippen molar-refractivity contribution in [2.75, 3.05) is 0 Å². The summed E-state index contributed by atoms with van der Waals surface area (Å²) in [5.74, 6) is 0. The van der Waals surface area contributed by atoms with Gasteiger partial charge in [0.25, 0.3) is 0 Å². The molecule has 236 valence electrons. The van der Waals surface area contributed by atoms with Gasteiger partial charge in [-0.2, -0.15) is 0 Å². The van der Waals surface area contributed by atoms with Crippen molar-refractivity contribution in [2.45, 2.75) is 0 Å². The predicted molar refractivity (Wildman–Crippen MR) is 217 cm³/mol. The molecule has 4 aromatic heterocycles. The molecule has 0 aliphatic heterocycles. The van der Waals surface area contributed by atoms with E-state index in [2.05, 4.69) is 189 Å². The van der Waals surface area contributed by atoms with Crippen LogP contribution in [0.5, 0.6) is 0 Å². The predicted octanol–water partition coefficient (Wildman–Crippen LogP) is 12.8. The van der Waals surface area contributed by atoms with Crippen LogP contribution in [-0.4, -0.2) is 13.4 Å². The molecule has 3 nitrogen and oxygen atoms in total. The van der Waals surface area contributed by atoms with Gasteiger partial charge in [-0.3, -0.25) is 0 Å². The van der Waals surface area contributed by atoms with E-state index in [4.69, 9.17) is 0 Å². The number of hydrogen-bond donors (Lipinski definition) is 0. The summed E-state index contributed by atoms with van der Waals surface area (Å²) < 4.78 is 7.53. The Balaban J connectivity index is 1.52. The van der Waals surface area contributed by atoms with Gasteiger partial charge in [0.15, 0.2) is 0 Å². The van der Waals surface area contributed by atoms with Gasteiger partial charge in [-0.05, 0) is 53.2 Å². The van der Waals surface area contributed by atoms with E-state index >= 15 is 0 Å². The quantitative estimate of drug-likeness (QED) is 0.168. The van der Waals surface area contributed by atoms with Crippen LogP contribution in [0.15, 0.2) is 176 Å². The molecule has 0 aliphatic carbocycles. The molecule has 3 heteroatoms. The SMILES string of the molecule is c1ccc(-n2c3ccccc3c3cc4c(cc32)n2c3ccccc3c3cccc(c5ccccc5c5cccc6c7ccccc7n4c56)c32)cc1. The van der Waals surface area contributed by atoms with Crippen LogP contribution in [0.2, 0.25) is 0 Å². The lowest BCUT2D eigenvalue weighted by molar-refractivity contribution is 1.18. The van der Waals surface area contributed by atoms with E-state index in [1.807, 2.05) is 0 Å². The zero-order valence-corrected chi connectivity index (χ0v) is 27.6. The van der Waals surface area contributed by atoms with Gasteiger partial charge in [-0.1, -0.05) is 133 Å². The van der Waals surface area contributed by atoms with Crippen LogP contribution in [0, 0.1) is 0 Å². The summed E-state index contributed by atoms with van der Waals surface area (Å²) in [7, 11) is 0. The Morgan fingerprint density at radius 2 is 0.627 bits per heavy atom. The van der Waals surface area contributed by atoms with Crippen molar-refractivity contribution in [3.8, 4) is 5.69 Å². The van der Waals surface area contributed by atoms with Crippen LogP contribution < -0.4 is 0 Å². The maximum absolute atomic E-state index is 2.55. The van der Waals surface area contributed by atoms with Crippen LogP contribution in [0.1, 0.15) is 0 Å². The Morgan fingerprint density at radius 1 is 0.235 bits per heavy atom. The fourth-order valence-corrected chi connectivity index (χ4v) is 9.13. The summed E-state index contributed by atoms with van der Waals surface area (Å²) in [4.78, 5) is 0. The van der Waals surface area contributed by atoms with Crippen LogP contribution >= 0.6 is 0 Å². The molecular formula is C48H29N3. The van der Waals surface area contributed by atoms with Gasteiger partial charge in [-0.25, -0.2) is 0 Å². The third kappa shape index (κ3) is 3.47. The summed E-state index contributed by atoms with van der Waals surface area (Å²) in [6, 6.07) is 65.0. The van der Waals surface area contributed by atoms with E-state index in [9.17, 15) is 0 Å². The summed E-state index contributed by atoms with van der Waals surface area (Å²) in [6.07, 6.45) is 0. The minimum Gasteiger partial charge on any atom is -0.309 e. The molecule has 0 spiro atoms. The Labute approximate surface area is 292 Å². The lowest BCUT2D eigenvalue weighted by atomic mass is 10.0. The summed E-state index contributed by atoms with van der Waals surface area (Å²) in [5, 5.41) is 12.4. The molecule has 0 saturated carbocycles. The molecular weight excluding hydrogens is 619 g/mol. The second-order valence-corrected chi connectivity index (χ2v) is 13.7. The summed E-state index contributed by atoms with van der Waals surface area (Å²) in [6.45, 7) is 0. The number of fused-ring (bicyclic) bond motifs is 15. The molecule has 0 fully saturated rings. The largest absolute Gasteiger partial charge is 0.309 e. The van der Waals surface area contributed by atoms with E-state index in [1.54, 1.807) is 0 Å². The van der Waals surface area contributed by atoms with Crippen LogP contribution in [0.25, 0.3) is 104 Å². The van der Waals surface area contributed by atoms with Crippen molar-refractivity contribution in [3.63, 3.8) is 0 Å². The van der Waals surface area contributed by atoms with Gasteiger partial charge in [0.2, 0.25) is 0 Å². The van der Waals surface area contributed by atoms with Crippen molar-refractivity contribution in [1.82, 2.24) is 13.4 Å². The Bertz CT molecular complexity index is 3470. The molecule has 8 aromatic carbocycles. The Hall–Kier alpha value is -6.84. The number of aromatic nitrogens is 3. The monoisotopic (exact) mass is 647 g/mol.